The van der Waals surface area contributed by atoms with Crippen molar-refractivity contribution in [1.82, 2.24) is 5.32 Å². The number of nitrogens with one attached hydrogen (secondary N) is 1. The molecule has 7 heteroatoms. The average molecular weight is 491 g/mol. The lowest BCUT2D eigenvalue weighted by Crippen LogP contribution is -2.57. The molecule has 0 radical (unpaired) electrons. The molecule has 0 aromatic heterocycles. The predicted molar refractivity (Wildman–Crippen MR) is 116 cm³/mol. The third kappa shape index (κ3) is 3.77. The molecule has 2 aliphatic rings. The van der Waals surface area contributed by atoms with E-state index in [9.17, 15) is 0 Å². The molecular formula is C21H22IN3O3. The Morgan fingerprint density at radius 3 is 2.71 bits per heavy atom. The molecule has 0 spiro atoms. The molecule has 0 amide bonds. The monoisotopic (exact) mass is 491 g/mol. The standard InChI is InChI=1S/C21H22IN3O3/c1-26-16-5-3-14(4-6-16)19-12-27-18-8-13(2-7-17(18)28-19)10-21(24)20(23)9-15(22)11-25-21/h2-9,11,19,25H,10,12,23-24H2,1H3. The number of benzene rings is 2. The molecule has 0 saturated carbocycles. The second kappa shape index (κ2) is 7.56. The van der Waals surface area contributed by atoms with Crippen molar-refractivity contribution in [3.05, 3.63) is 75.1 Å². The van der Waals surface area contributed by atoms with Crippen LogP contribution in [-0.2, 0) is 6.42 Å². The number of rotatable bonds is 4. The first-order valence-electron chi connectivity index (χ1n) is 8.93. The molecule has 146 valence electrons. The molecule has 0 saturated heterocycles. The van der Waals surface area contributed by atoms with E-state index < -0.39 is 5.66 Å². The molecule has 0 fully saturated rings. The van der Waals surface area contributed by atoms with E-state index in [1.54, 1.807) is 7.11 Å². The zero-order valence-electron chi connectivity index (χ0n) is 15.4. The maximum absolute atomic E-state index is 6.46. The van der Waals surface area contributed by atoms with Gasteiger partial charge in [0.1, 0.15) is 18.0 Å². The van der Waals surface area contributed by atoms with Gasteiger partial charge in [-0.2, -0.15) is 0 Å². The van der Waals surface area contributed by atoms with Crippen LogP contribution in [0.4, 0.5) is 0 Å². The lowest BCUT2D eigenvalue weighted by molar-refractivity contribution is 0.0911. The number of halogens is 1. The van der Waals surface area contributed by atoms with Crippen LogP contribution in [0.2, 0.25) is 0 Å². The highest BCUT2D eigenvalue weighted by atomic mass is 127. The van der Waals surface area contributed by atoms with Crippen LogP contribution in [0.5, 0.6) is 17.2 Å². The lowest BCUT2D eigenvalue weighted by Gasteiger charge is -2.34. The summed E-state index contributed by atoms with van der Waals surface area (Å²) in [5.74, 6) is 2.25. The van der Waals surface area contributed by atoms with Crippen molar-refractivity contribution in [3.8, 4) is 17.2 Å². The van der Waals surface area contributed by atoms with E-state index in [1.807, 2.05) is 54.7 Å². The Balaban J connectivity index is 1.49. The predicted octanol–water partition coefficient (Wildman–Crippen LogP) is 3.13. The molecule has 2 aliphatic heterocycles. The Morgan fingerprint density at radius 2 is 2.00 bits per heavy atom. The topological polar surface area (TPSA) is 91.8 Å². The second-order valence-corrected chi connectivity index (χ2v) is 8.14. The van der Waals surface area contributed by atoms with E-state index >= 15 is 0 Å². The van der Waals surface area contributed by atoms with E-state index in [4.69, 9.17) is 25.7 Å². The molecule has 0 aliphatic carbocycles. The highest BCUT2D eigenvalue weighted by Gasteiger charge is 2.31. The summed E-state index contributed by atoms with van der Waals surface area (Å²) in [6.07, 6.45) is 4.13. The summed E-state index contributed by atoms with van der Waals surface area (Å²) >= 11 is 2.20. The number of methoxy groups -OCH3 is 1. The van der Waals surface area contributed by atoms with Crippen LogP contribution in [0, 0.1) is 0 Å². The Bertz CT molecular complexity index is 942. The summed E-state index contributed by atoms with van der Waals surface area (Å²) in [5.41, 5.74) is 14.5. The number of dihydropyridines is 1. The van der Waals surface area contributed by atoms with Crippen LogP contribution in [-0.4, -0.2) is 19.4 Å². The van der Waals surface area contributed by atoms with Gasteiger partial charge in [-0.3, -0.25) is 0 Å². The van der Waals surface area contributed by atoms with Crippen molar-refractivity contribution in [2.24, 2.45) is 11.5 Å². The van der Waals surface area contributed by atoms with Gasteiger partial charge in [0.2, 0.25) is 0 Å². The zero-order chi connectivity index (χ0) is 19.7. The van der Waals surface area contributed by atoms with Crippen molar-refractivity contribution in [1.29, 1.82) is 0 Å². The molecule has 4 rings (SSSR count). The number of fused-ring (bicyclic) bond motifs is 1. The number of ether oxygens (including phenoxy) is 3. The maximum Gasteiger partial charge on any atom is 0.162 e. The van der Waals surface area contributed by atoms with E-state index in [2.05, 4.69) is 27.9 Å². The van der Waals surface area contributed by atoms with Gasteiger partial charge in [0.05, 0.1) is 12.8 Å². The van der Waals surface area contributed by atoms with Crippen LogP contribution < -0.4 is 31.0 Å². The van der Waals surface area contributed by atoms with Gasteiger partial charge in [-0.15, -0.1) is 0 Å². The summed E-state index contributed by atoms with van der Waals surface area (Å²) in [6.45, 7) is 0.442. The summed E-state index contributed by atoms with van der Waals surface area (Å²) < 4.78 is 18.3. The van der Waals surface area contributed by atoms with E-state index in [-0.39, 0.29) is 6.10 Å². The number of hydrogen-bond donors (Lipinski definition) is 3. The Labute approximate surface area is 177 Å². The molecule has 2 aromatic carbocycles. The lowest BCUT2D eigenvalue weighted by atomic mass is 9.95. The quantitative estimate of drug-likeness (QED) is 0.570. The Kier molecular flexibility index (Phi) is 5.11. The minimum Gasteiger partial charge on any atom is -0.497 e. The second-order valence-electron chi connectivity index (χ2n) is 6.89. The molecule has 2 unspecified atom stereocenters. The largest absolute Gasteiger partial charge is 0.497 e. The van der Waals surface area contributed by atoms with E-state index in [1.165, 1.54) is 0 Å². The van der Waals surface area contributed by atoms with Crippen LogP contribution in [0.3, 0.4) is 0 Å². The van der Waals surface area contributed by atoms with Crippen LogP contribution in [0.1, 0.15) is 17.2 Å². The SMILES string of the molecule is COc1ccc(C2COc3cc(CC4(N)NC=C(I)C=C4N)ccc3O2)cc1. The molecule has 2 aromatic rings. The molecule has 6 nitrogen and oxygen atoms in total. The van der Waals surface area contributed by atoms with Crippen molar-refractivity contribution >= 4 is 22.6 Å². The minimum atomic E-state index is -0.815. The summed E-state index contributed by atoms with van der Waals surface area (Å²) in [5, 5.41) is 3.19. The summed E-state index contributed by atoms with van der Waals surface area (Å²) in [6, 6.07) is 13.7. The zero-order valence-corrected chi connectivity index (χ0v) is 17.6. The molecule has 28 heavy (non-hydrogen) atoms. The van der Waals surface area contributed by atoms with Gasteiger partial charge >= 0.3 is 0 Å². The molecule has 0 bridgehead atoms. The number of nitrogens with two attached hydrogens (primary N) is 2. The maximum atomic E-state index is 6.46. The molecular weight excluding hydrogens is 469 g/mol. The Morgan fingerprint density at radius 1 is 1.21 bits per heavy atom. The molecule has 2 heterocycles. The van der Waals surface area contributed by atoms with Gasteiger partial charge < -0.3 is 31.0 Å². The number of allylic oxidation sites excluding steroid dienone is 2. The van der Waals surface area contributed by atoms with Crippen molar-refractivity contribution in [3.63, 3.8) is 0 Å². The van der Waals surface area contributed by atoms with Crippen molar-refractivity contribution < 1.29 is 14.2 Å². The molecule has 2 atom stereocenters. The fraction of sp³-hybridized carbons (Fsp3) is 0.238. The molecule has 5 N–H and O–H groups in total. The minimum absolute atomic E-state index is 0.157. The van der Waals surface area contributed by atoms with Gasteiger partial charge in [0, 0.05) is 16.2 Å². The third-order valence-corrected chi connectivity index (χ3v) is 5.54. The smallest absolute Gasteiger partial charge is 0.162 e. The van der Waals surface area contributed by atoms with Gasteiger partial charge in [-0.1, -0.05) is 18.2 Å². The first-order valence-corrected chi connectivity index (χ1v) is 10.0. The van der Waals surface area contributed by atoms with Gasteiger partial charge in [0.25, 0.3) is 0 Å². The van der Waals surface area contributed by atoms with Crippen LogP contribution in [0.15, 0.2) is 64.0 Å². The highest BCUT2D eigenvalue weighted by molar-refractivity contribution is 14.1. The normalized spacial score (nSPS) is 23.3. The van der Waals surface area contributed by atoms with Gasteiger partial charge in [0.15, 0.2) is 17.6 Å². The summed E-state index contributed by atoms with van der Waals surface area (Å²) in [7, 11) is 1.65. The summed E-state index contributed by atoms with van der Waals surface area (Å²) in [4.78, 5) is 0. The fourth-order valence-corrected chi connectivity index (χ4v) is 3.77. The highest BCUT2D eigenvalue weighted by Crippen LogP contribution is 2.38. The van der Waals surface area contributed by atoms with Crippen molar-refractivity contribution in [2.45, 2.75) is 18.2 Å². The average Bonchev–Trinajstić information content (AvgIpc) is 2.71. The third-order valence-electron chi connectivity index (χ3n) is 4.91. The first-order chi connectivity index (χ1) is 13.5. The van der Waals surface area contributed by atoms with Crippen LogP contribution >= 0.6 is 22.6 Å². The van der Waals surface area contributed by atoms with E-state index in [0.29, 0.717) is 24.5 Å². The van der Waals surface area contributed by atoms with Gasteiger partial charge in [-0.05, 0) is 64.1 Å². The van der Waals surface area contributed by atoms with Crippen molar-refractivity contribution in [2.75, 3.05) is 13.7 Å². The van der Waals surface area contributed by atoms with Crippen LogP contribution in [0.25, 0.3) is 0 Å². The van der Waals surface area contributed by atoms with Gasteiger partial charge in [-0.25, -0.2) is 0 Å². The Hall–Kier alpha value is -2.39. The number of hydrogen-bond acceptors (Lipinski definition) is 6. The van der Waals surface area contributed by atoms with E-state index in [0.717, 1.165) is 26.2 Å². The first kappa shape index (κ1) is 18.9. The fourth-order valence-electron chi connectivity index (χ4n) is 3.28.